The van der Waals surface area contributed by atoms with Gasteiger partial charge in [-0.3, -0.25) is 4.79 Å². The van der Waals surface area contributed by atoms with E-state index in [0.717, 1.165) is 11.5 Å². The molecule has 0 aromatic carbocycles. The lowest BCUT2D eigenvalue weighted by Crippen LogP contribution is -2.24. The first kappa shape index (κ1) is 8.60. The second kappa shape index (κ2) is 3.77. The fourth-order valence-corrected chi connectivity index (χ4v) is 1.07. The van der Waals surface area contributed by atoms with Gasteiger partial charge in [0.1, 0.15) is 13.4 Å². The Hall–Kier alpha value is -1.50. The maximum atomic E-state index is 10.7. The van der Waals surface area contributed by atoms with Crippen LogP contribution in [0.3, 0.4) is 0 Å². The molecule has 1 heterocycles. The average Bonchev–Trinajstić information content (AvgIpc) is 2.51. The van der Waals surface area contributed by atoms with Gasteiger partial charge in [-0.25, -0.2) is 4.98 Å². The van der Waals surface area contributed by atoms with E-state index in [0.29, 0.717) is 5.01 Å². The number of nitrogens with zero attached hydrogens (tertiary/aromatic N) is 3. The zero-order chi connectivity index (χ0) is 8.97. The third kappa shape index (κ3) is 1.76. The van der Waals surface area contributed by atoms with E-state index in [1.54, 1.807) is 0 Å². The summed E-state index contributed by atoms with van der Waals surface area (Å²) in [6, 6.07) is 0. The fourth-order valence-electron chi connectivity index (χ4n) is 0.558. The van der Waals surface area contributed by atoms with Gasteiger partial charge in [0, 0.05) is 0 Å². The molecule has 1 aromatic heterocycles. The number of hydrogen-bond donors (Lipinski definition) is 1. The van der Waals surface area contributed by atoms with E-state index in [9.17, 15) is 4.79 Å². The lowest BCUT2D eigenvalue weighted by molar-refractivity contribution is -0.112. The molecular weight excluding hydrogens is 180 g/mol. The highest BCUT2D eigenvalue weighted by molar-refractivity contribution is 7.08. The maximum Gasteiger partial charge on any atom is 0.273 e. The van der Waals surface area contributed by atoms with Crippen molar-refractivity contribution < 1.29 is 9.63 Å². The topological polar surface area (TPSA) is 90.5 Å². The molecule has 1 aromatic rings. The number of carbonyl (C=O) groups is 1. The molecule has 0 saturated carbocycles. The summed E-state index contributed by atoms with van der Waals surface area (Å²) in [5.74, 6) is -0.686. The minimum Gasteiger partial charge on any atom is -0.398 e. The first-order valence-electron chi connectivity index (χ1n) is 2.93. The monoisotopic (exact) mass is 186 g/mol. The molecule has 64 valence electrons. The SMILES string of the molecule is CON=C(C(N)=O)c1ncns1. The number of hydrogen-bond acceptors (Lipinski definition) is 6. The van der Waals surface area contributed by atoms with Crippen molar-refractivity contribution >= 4 is 23.2 Å². The van der Waals surface area contributed by atoms with Crippen LogP contribution in [0.1, 0.15) is 5.01 Å². The molecule has 0 radical (unpaired) electrons. The Morgan fingerprint density at radius 3 is 3.00 bits per heavy atom. The van der Waals surface area contributed by atoms with Crippen molar-refractivity contribution in [2.75, 3.05) is 7.11 Å². The van der Waals surface area contributed by atoms with Crippen LogP contribution >= 0.6 is 11.5 Å². The fraction of sp³-hybridized carbons (Fsp3) is 0.200. The first-order chi connectivity index (χ1) is 5.75. The van der Waals surface area contributed by atoms with Gasteiger partial charge in [0.15, 0.2) is 5.01 Å². The third-order valence-corrected chi connectivity index (χ3v) is 1.65. The number of oxime groups is 1. The largest absolute Gasteiger partial charge is 0.398 e. The summed E-state index contributed by atoms with van der Waals surface area (Å²) in [7, 11) is 1.32. The average molecular weight is 186 g/mol. The van der Waals surface area contributed by atoms with E-state index < -0.39 is 5.91 Å². The van der Waals surface area contributed by atoms with Crippen LogP contribution in [0, 0.1) is 0 Å². The maximum absolute atomic E-state index is 10.7. The van der Waals surface area contributed by atoms with Crippen molar-refractivity contribution in [1.82, 2.24) is 9.36 Å². The molecular formula is C5H6N4O2S. The van der Waals surface area contributed by atoms with E-state index in [2.05, 4.69) is 19.4 Å². The van der Waals surface area contributed by atoms with Crippen molar-refractivity contribution in [2.24, 2.45) is 10.9 Å². The highest BCUT2D eigenvalue weighted by atomic mass is 32.1. The van der Waals surface area contributed by atoms with Crippen LogP contribution in [0.25, 0.3) is 0 Å². The second-order valence-electron chi connectivity index (χ2n) is 1.73. The van der Waals surface area contributed by atoms with Crippen molar-refractivity contribution in [3.05, 3.63) is 11.3 Å². The molecule has 6 nitrogen and oxygen atoms in total. The van der Waals surface area contributed by atoms with Crippen LogP contribution in [0.2, 0.25) is 0 Å². The predicted octanol–water partition coefficient (Wildman–Crippen LogP) is -0.626. The number of primary amides is 1. The molecule has 0 saturated heterocycles. The van der Waals surface area contributed by atoms with Crippen LogP contribution < -0.4 is 5.73 Å². The van der Waals surface area contributed by atoms with Gasteiger partial charge in [0.05, 0.1) is 0 Å². The molecule has 0 fully saturated rings. The Labute approximate surface area is 72.2 Å². The summed E-state index contributed by atoms with van der Waals surface area (Å²) >= 11 is 1.03. The lowest BCUT2D eigenvalue weighted by Gasteiger charge is -1.93. The smallest absolute Gasteiger partial charge is 0.273 e. The molecule has 0 aliphatic carbocycles. The van der Waals surface area contributed by atoms with Gasteiger partial charge in [-0.1, -0.05) is 5.16 Å². The molecule has 0 bridgehead atoms. The van der Waals surface area contributed by atoms with Gasteiger partial charge in [0.2, 0.25) is 5.71 Å². The Bertz CT molecular complexity index is 294. The van der Waals surface area contributed by atoms with E-state index in [1.165, 1.54) is 13.4 Å². The Morgan fingerprint density at radius 2 is 2.58 bits per heavy atom. The zero-order valence-corrected chi connectivity index (χ0v) is 7.04. The molecule has 0 spiro atoms. The van der Waals surface area contributed by atoms with Crippen LogP contribution in [-0.4, -0.2) is 28.1 Å². The highest BCUT2D eigenvalue weighted by Crippen LogP contribution is 2.01. The molecule has 1 rings (SSSR count). The minimum atomic E-state index is -0.686. The minimum absolute atomic E-state index is 0.0139. The first-order valence-corrected chi connectivity index (χ1v) is 3.71. The van der Waals surface area contributed by atoms with Crippen molar-refractivity contribution in [2.45, 2.75) is 0 Å². The highest BCUT2D eigenvalue weighted by Gasteiger charge is 2.14. The Morgan fingerprint density at radius 1 is 1.83 bits per heavy atom. The van der Waals surface area contributed by atoms with Crippen molar-refractivity contribution in [1.29, 1.82) is 0 Å². The number of nitrogens with two attached hydrogens (primary N) is 1. The normalized spacial score (nSPS) is 11.2. The summed E-state index contributed by atoms with van der Waals surface area (Å²) in [6.45, 7) is 0. The van der Waals surface area contributed by atoms with Gasteiger partial charge in [-0.05, 0) is 11.5 Å². The second-order valence-corrected chi connectivity index (χ2v) is 2.51. The summed E-state index contributed by atoms with van der Waals surface area (Å²) in [5, 5.41) is 3.77. The van der Waals surface area contributed by atoms with Crippen LogP contribution in [0.15, 0.2) is 11.5 Å². The molecule has 12 heavy (non-hydrogen) atoms. The van der Waals surface area contributed by atoms with E-state index in [-0.39, 0.29) is 5.71 Å². The summed E-state index contributed by atoms with van der Waals surface area (Å²) < 4.78 is 3.69. The van der Waals surface area contributed by atoms with E-state index in [1.807, 2.05) is 0 Å². The van der Waals surface area contributed by atoms with Gasteiger partial charge in [-0.15, -0.1) is 0 Å². The van der Waals surface area contributed by atoms with Gasteiger partial charge < -0.3 is 10.6 Å². The summed E-state index contributed by atoms with van der Waals surface area (Å²) in [5.41, 5.74) is 4.99. The number of rotatable bonds is 3. The molecule has 2 N–H and O–H groups in total. The van der Waals surface area contributed by atoms with Crippen molar-refractivity contribution in [3.63, 3.8) is 0 Å². The third-order valence-electron chi connectivity index (χ3n) is 0.980. The summed E-state index contributed by atoms with van der Waals surface area (Å²) in [4.78, 5) is 18.9. The van der Waals surface area contributed by atoms with Gasteiger partial charge >= 0.3 is 0 Å². The quantitative estimate of drug-likeness (QED) is 0.502. The number of aromatic nitrogens is 2. The van der Waals surface area contributed by atoms with Crippen LogP contribution in [0.5, 0.6) is 0 Å². The Balaban J connectivity index is 2.96. The molecule has 7 heteroatoms. The molecule has 1 amide bonds. The van der Waals surface area contributed by atoms with E-state index >= 15 is 0 Å². The summed E-state index contributed by atoms with van der Waals surface area (Å²) in [6.07, 6.45) is 1.31. The standard InChI is InChI=1S/C5H6N4O2S/c1-11-9-3(4(6)10)5-7-2-8-12-5/h2H,1H3,(H2,6,10). The van der Waals surface area contributed by atoms with Gasteiger partial charge in [0.25, 0.3) is 5.91 Å². The van der Waals surface area contributed by atoms with Crippen LogP contribution in [-0.2, 0) is 9.63 Å². The Kier molecular flexibility index (Phi) is 2.70. The van der Waals surface area contributed by atoms with E-state index in [4.69, 9.17) is 5.73 Å². The zero-order valence-electron chi connectivity index (χ0n) is 6.22. The van der Waals surface area contributed by atoms with Crippen LogP contribution in [0.4, 0.5) is 0 Å². The molecule has 0 unspecified atom stereocenters. The lowest BCUT2D eigenvalue weighted by atomic mass is 10.4. The number of carbonyl (C=O) groups excluding carboxylic acids is 1. The molecule has 0 atom stereocenters. The van der Waals surface area contributed by atoms with Crippen molar-refractivity contribution in [3.8, 4) is 0 Å². The number of amides is 1. The van der Waals surface area contributed by atoms with Gasteiger partial charge in [-0.2, -0.15) is 4.37 Å². The molecule has 0 aliphatic rings. The molecule has 0 aliphatic heterocycles. The predicted molar refractivity (Wildman–Crippen MR) is 42.6 cm³/mol.